The van der Waals surface area contributed by atoms with E-state index >= 15 is 0 Å². The van der Waals surface area contributed by atoms with E-state index in [9.17, 15) is 90.0 Å². The molecule has 10 aromatic carbocycles. The average molecular weight is 1340 g/mol. The van der Waals surface area contributed by atoms with Crippen LogP contribution >= 0.6 is 0 Å². The highest BCUT2D eigenvalue weighted by Gasteiger charge is 2.23. The normalized spacial score (nSPS) is 10.3. The van der Waals surface area contributed by atoms with E-state index in [4.69, 9.17) is 31.3 Å². The first kappa shape index (κ1) is 73.3. The van der Waals surface area contributed by atoms with Crippen LogP contribution in [0.2, 0.25) is 0 Å². The van der Waals surface area contributed by atoms with Gasteiger partial charge in [0.15, 0.2) is 28.9 Å². The number of hydrogen-bond acceptors (Lipinski definition) is 25. The van der Waals surface area contributed by atoms with Gasteiger partial charge in [0.05, 0.1) is 61.2 Å². The lowest BCUT2D eigenvalue weighted by Gasteiger charge is -2.21. The van der Waals surface area contributed by atoms with Crippen molar-refractivity contribution in [1.29, 1.82) is 0 Å². The van der Waals surface area contributed by atoms with Crippen molar-refractivity contribution in [2.75, 3.05) is 42.7 Å². The van der Waals surface area contributed by atoms with E-state index in [0.717, 1.165) is 73.0 Å². The Morgan fingerprint density at radius 2 is 0.500 bits per heavy atom. The quantitative estimate of drug-likeness (QED) is 0.0335. The number of nitrogens with two attached hydrogens (primary N) is 1. The number of hydrogen-bond donors (Lipinski definition) is 18. The maximum absolute atomic E-state index is 12.4. The minimum atomic E-state index is -1.23. The Labute approximate surface area is 557 Å². The monoisotopic (exact) mass is 1340 g/mol. The van der Waals surface area contributed by atoms with E-state index in [1.54, 1.807) is 17.0 Å². The molecule has 10 rings (SSSR count). The van der Waals surface area contributed by atoms with Gasteiger partial charge in [-0.05, 0) is 141 Å². The number of phenolic OH excluding ortho intramolecular Hbond substituents is 16. The zero-order valence-corrected chi connectivity index (χ0v) is 52.3. The van der Waals surface area contributed by atoms with Crippen LogP contribution in [0.15, 0.2) is 182 Å². The summed E-state index contributed by atoms with van der Waals surface area (Å²) in [5, 5.41) is 161. The minimum absolute atomic E-state index is 0.00660. The Morgan fingerprint density at radius 3 is 0.724 bits per heavy atom. The molecule has 0 saturated heterocycles. The fourth-order valence-electron chi connectivity index (χ4n) is 9.08. The predicted octanol–water partition coefficient (Wildman–Crippen LogP) is 10.1. The maximum atomic E-state index is 12.4. The number of nitrogens with zero attached hydrogens (tertiary/aromatic N) is 2. The molecule has 10 aromatic rings. The number of phenols is 16. The first-order valence-electron chi connectivity index (χ1n) is 28.8. The molecule has 26 nitrogen and oxygen atoms in total. The van der Waals surface area contributed by atoms with Gasteiger partial charge in [0.1, 0.15) is 92.0 Å². The van der Waals surface area contributed by atoms with Crippen molar-refractivity contribution in [3.05, 3.63) is 243 Å². The molecule has 0 aliphatic heterocycles. The summed E-state index contributed by atoms with van der Waals surface area (Å²) in [5.74, 6) is -8.28. The number of carboxylic acid groups (broad SMARTS) is 1. The molecule has 506 valence electrons. The lowest BCUT2D eigenvalue weighted by Crippen LogP contribution is -2.21. The Balaban J connectivity index is 0.000000194. The molecule has 19 N–H and O–H groups in total. The van der Waals surface area contributed by atoms with Crippen molar-refractivity contribution in [3.8, 4) is 92.0 Å². The molecule has 0 aromatic heterocycles. The average Bonchev–Trinajstić information content (AvgIpc) is 0.842. The first-order chi connectivity index (χ1) is 46.2. The van der Waals surface area contributed by atoms with Gasteiger partial charge in [0.25, 0.3) is 0 Å². The van der Waals surface area contributed by atoms with Gasteiger partial charge in [-0.25, -0.2) is 4.79 Å². The molecule has 98 heavy (non-hydrogen) atoms. The third-order valence-corrected chi connectivity index (χ3v) is 14.2. The molecule has 0 atom stereocenters. The highest BCUT2D eigenvalue weighted by molar-refractivity contribution is 6.15. The zero-order chi connectivity index (χ0) is 72.6. The van der Waals surface area contributed by atoms with E-state index in [1.807, 2.05) is 32.8 Å². The summed E-state index contributed by atoms with van der Waals surface area (Å²) in [6, 6.07) is 38.4. The Kier molecular flexibility index (Phi) is 24.1. The van der Waals surface area contributed by atoms with E-state index < -0.39 is 46.4 Å². The van der Waals surface area contributed by atoms with Crippen molar-refractivity contribution < 1.29 is 116 Å². The van der Waals surface area contributed by atoms with E-state index in [-0.39, 0.29) is 142 Å². The van der Waals surface area contributed by atoms with E-state index in [0.29, 0.717) is 5.69 Å². The summed E-state index contributed by atoms with van der Waals surface area (Å²) in [6.45, 7) is 5.60. The molecule has 0 aliphatic rings. The van der Waals surface area contributed by atoms with Crippen molar-refractivity contribution >= 4 is 51.9 Å². The number of carboxylic acids is 1. The molecule has 0 unspecified atom stereocenters. The van der Waals surface area contributed by atoms with Crippen LogP contribution in [0.5, 0.6) is 92.0 Å². The highest BCUT2D eigenvalue weighted by Crippen LogP contribution is 2.36. The number of carbonyl (C=O) groups excluding carboxylic acids is 5. The number of rotatable bonds is 15. The lowest BCUT2D eigenvalue weighted by atomic mass is 10.00. The van der Waals surface area contributed by atoms with Crippen LogP contribution in [0, 0.1) is 0 Å². The summed E-state index contributed by atoms with van der Waals surface area (Å²) in [5.41, 5.74) is 7.16. The second-order valence-corrected chi connectivity index (χ2v) is 21.1. The summed E-state index contributed by atoms with van der Waals surface area (Å²) in [6.07, 6.45) is 0. The third-order valence-electron chi connectivity index (χ3n) is 14.2. The Hall–Kier alpha value is -13.8. The van der Waals surface area contributed by atoms with Gasteiger partial charge in [0, 0.05) is 98.8 Å². The van der Waals surface area contributed by atoms with E-state index in [1.165, 1.54) is 121 Å². The fraction of sp³-hybridized carbons (Fsp3) is 0.0833. The SMILES string of the molecule is CCN(CC)c1ccc(C(=O)c2ccc(O)cc2O)c(O)c1.CN(C)c1ccc(C(=O)c2ccc(O)cc2O)c(O)c1.Nc1ccc(C(=O)c2ccc(O)cc2O)c(O)c1.O=C(O)c1ccc(C(=O)c2ccc(O)cc2O)c(O)c1.O=C(c1ccc(O)cc1O)c1ccc(O)cc1O. The number of aromatic hydroxyl groups is 16. The fourth-order valence-corrected chi connectivity index (χ4v) is 9.08. The van der Waals surface area contributed by atoms with Crippen LogP contribution in [0.3, 0.4) is 0 Å². The van der Waals surface area contributed by atoms with Crippen LogP contribution in [-0.2, 0) is 0 Å². The number of anilines is 3. The molecule has 0 amide bonds. The van der Waals surface area contributed by atoms with Crippen molar-refractivity contribution in [3.63, 3.8) is 0 Å². The molecule has 0 radical (unpaired) electrons. The number of aromatic carboxylic acids is 1. The van der Waals surface area contributed by atoms with Crippen LogP contribution < -0.4 is 15.5 Å². The Bertz CT molecular complexity index is 4440. The van der Waals surface area contributed by atoms with E-state index in [2.05, 4.69) is 0 Å². The summed E-state index contributed by atoms with van der Waals surface area (Å²) in [7, 11) is 3.64. The second kappa shape index (κ2) is 32.2. The van der Waals surface area contributed by atoms with Gasteiger partial charge in [0.2, 0.25) is 0 Å². The molecule has 0 bridgehead atoms. The standard InChI is InChI=1S/C17H19NO4.C15H15NO4.C14H10O6.C13H11NO4.C13H10O5/c1-3-18(4-2)11-5-7-13(15(20)9-11)17(22)14-8-6-12(19)10-16(14)21;1-16(2)9-3-5-11(13(18)7-9)15(20)12-6-4-10(17)8-14(12)19;15-8-2-4-10(12(17)6-8)13(18)9-3-1-7(14(19)20)5-11(9)16;2*14-7-1-3-9(11(16)5-7)13(18)10-4-2-8(15)6-12(10)17/h5-10,19-21H,3-4H2,1-2H3;3-8,17-19H,1-2H3;1-6,15-17H,(H,19,20);1-6,15-17H,14H2;1-6,14-17H. The van der Waals surface area contributed by atoms with Gasteiger partial charge >= 0.3 is 5.97 Å². The van der Waals surface area contributed by atoms with Gasteiger partial charge in [-0.2, -0.15) is 0 Å². The summed E-state index contributed by atoms with van der Waals surface area (Å²) >= 11 is 0. The first-order valence-corrected chi connectivity index (χ1v) is 28.8. The molecule has 26 heteroatoms. The van der Waals surface area contributed by atoms with Gasteiger partial charge in [-0.15, -0.1) is 0 Å². The number of nitrogen functional groups attached to an aromatic ring is 1. The summed E-state index contributed by atoms with van der Waals surface area (Å²) < 4.78 is 0. The molecular weight excluding hydrogens is 1270 g/mol. The van der Waals surface area contributed by atoms with Crippen molar-refractivity contribution in [1.82, 2.24) is 0 Å². The lowest BCUT2D eigenvalue weighted by molar-refractivity contribution is 0.0694. The van der Waals surface area contributed by atoms with Crippen LogP contribution in [-0.4, -0.2) is 149 Å². The molecule has 0 aliphatic carbocycles. The molecular formula is C72H65N3O23. The van der Waals surface area contributed by atoms with Crippen LogP contribution in [0.4, 0.5) is 17.1 Å². The Morgan fingerprint density at radius 1 is 0.286 bits per heavy atom. The molecule has 0 saturated carbocycles. The minimum Gasteiger partial charge on any atom is -0.508 e. The topological polar surface area (TPSA) is 479 Å². The maximum Gasteiger partial charge on any atom is 0.335 e. The molecule has 0 fully saturated rings. The van der Waals surface area contributed by atoms with Crippen molar-refractivity contribution in [2.24, 2.45) is 0 Å². The molecule has 0 heterocycles. The van der Waals surface area contributed by atoms with Crippen LogP contribution in [0.25, 0.3) is 0 Å². The number of carbonyl (C=O) groups is 6. The number of benzene rings is 10. The summed E-state index contributed by atoms with van der Waals surface area (Å²) in [4.78, 5) is 75.5. The van der Waals surface area contributed by atoms with Crippen molar-refractivity contribution in [2.45, 2.75) is 13.8 Å². The second-order valence-electron chi connectivity index (χ2n) is 21.1. The highest BCUT2D eigenvalue weighted by atomic mass is 16.4. The largest absolute Gasteiger partial charge is 0.508 e. The van der Waals surface area contributed by atoms with Gasteiger partial charge < -0.3 is 102 Å². The van der Waals surface area contributed by atoms with Gasteiger partial charge in [-0.3, -0.25) is 24.0 Å². The molecule has 0 spiro atoms. The zero-order valence-electron chi connectivity index (χ0n) is 52.3. The third kappa shape index (κ3) is 18.3. The predicted molar refractivity (Wildman–Crippen MR) is 357 cm³/mol. The number of ketones is 5. The smallest absolute Gasteiger partial charge is 0.335 e. The van der Waals surface area contributed by atoms with Gasteiger partial charge in [-0.1, -0.05) is 0 Å². The van der Waals surface area contributed by atoms with Crippen LogP contribution in [0.1, 0.15) is 104 Å².